The molecule has 8 heteroatoms. The van der Waals surface area contributed by atoms with Gasteiger partial charge in [0.05, 0.1) is 27.2 Å². The first-order valence-corrected chi connectivity index (χ1v) is 16.6. The van der Waals surface area contributed by atoms with E-state index in [1.165, 1.54) is 22.3 Å². The van der Waals surface area contributed by atoms with Crippen molar-refractivity contribution in [2.75, 3.05) is 0 Å². The summed E-state index contributed by atoms with van der Waals surface area (Å²) in [5.74, 6) is 2.26. The Morgan fingerprint density at radius 2 is 0.958 bits per heavy atom. The fourth-order valence-corrected chi connectivity index (χ4v) is 6.42. The van der Waals surface area contributed by atoms with Crippen molar-refractivity contribution >= 4 is 21.5 Å². The van der Waals surface area contributed by atoms with Crippen molar-refractivity contribution in [1.29, 1.82) is 0 Å². The van der Waals surface area contributed by atoms with Crippen LogP contribution in [0.4, 0.5) is 0 Å². The maximum absolute atomic E-state index is 13.6. The van der Waals surface area contributed by atoms with Crippen LogP contribution in [0.15, 0.2) is 104 Å². The van der Waals surface area contributed by atoms with Crippen molar-refractivity contribution in [3.8, 4) is 28.7 Å². The summed E-state index contributed by atoms with van der Waals surface area (Å²) in [6.07, 6.45) is 3.21. The molecule has 0 aliphatic rings. The fraction of sp³-hybridized carbons (Fsp3) is 0.300. The molecule has 0 bridgehead atoms. The van der Waals surface area contributed by atoms with E-state index in [0.717, 1.165) is 23.2 Å². The number of rotatable bonds is 11. The summed E-state index contributed by atoms with van der Waals surface area (Å²) in [4.78, 5) is 54.1. The summed E-state index contributed by atoms with van der Waals surface area (Å²) in [6, 6.07) is 24.9. The van der Waals surface area contributed by atoms with Crippen LogP contribution in [0.2, 0.25) is 0 Å². The van der Waals surface area contributed by atoms with Gasteiger partial charge in [0.25, 0.3) is 22.2 Å². The first-order valence-electron chi connectivity index (χ1n) is 16.6. The molecule has 0 amide bonds. The van der Waals surface area contributed by atoms with E-state index in [4.69, 9.17) is 9.47 Å². The summed E-state index contributed by atoms with van der Waals surface area (Å²) in [5, 5.41) is 0.473. The topological polar surface area (TPSA) is 96.6 Å². The van der Waals surface area contributed by atoms with Gasteiger partial charge in [0, 0.05) is 17.7 Å². The first kappa shape index (κ1) is 32.7. The average Bonchev–Trinajstić information content (AvgIpc) is 3.50. The molecule has 0 radical (unpaired) electrons. The van der Waals surface area contributed by atoms with E-state index in [-0.39, 0.29) is 27.0 Å². The van der Waals surface area contributed by atoms with Crippen molar-refractivity contribution in [3.63, 3.8) is 0 Å². The molecule has 0 N–H and O–H groups in total. The lowest BCUT2D eigenvalue weighted by Gasteiger charge is -2.27. The van der Waals surface area contributed by atoms with Crippen molar-refractivity contribution in [2.45, 2.75) is 78.2 Å². The molecule has 2 heterocycles. The quantitative estimate of drug-likeness (QED) is 0.141. The van der Waals surface area contributed by atoms with E-state index in [0.29, 0.717) is 35.8 Å². The summed E-state index contributed by atoms with van der Waals surface area (Å²) in [5.41, 5.74) is -1.10. The minimum atomic E-state index is -0.666. The highest BCUT2D eigenvalue weighted by Crippen LogP contribution is 2.35. The molecule has 0 saturated carbocycles. The Hall–Kier alpha value is -5.24. The van der Waals surface area contributed by atoms with Crippen LogP contribution >= 0.6 is 0 Å². The van der Waals surface area contributed by atoms with Crippen LogP contribution in [-0.2, 0) is 11.0 Å². The Morgan fingerprint density at radius 3 is 1.46 bits per heavy atom. The molecule has 0 atom stereocenters. The molecule has 0 unspecified atom stereocenters. The van der Waals surface area contributed by atoms with Crippen molar-refractivity contribution in [2.24, 2.45) is 0 Å². The van der Waals surface area contributed by atoms with E-state index in [1.54, 1.807) is 36.4 Å². The summed E-state index contributed by atoms with van der Waals surface area (Å²) in [7, 11) is 0. The third-order valence-electron chi connectivity index (χ3n) is 10.4. The number of aromatic nitrogens is 2. The lowest BCUT2D eigenvalue weighted by molar-refractivity contribution is 0.282. The van der Waals surface area contributed by atoms with Gasteiger partial charge in [-0.15, -0.1) is 0 Å². The molecule has 8 nitrogen and oxygen atoms in total. The molecule has 0 saturated heterocycles. The van der Waals surface area contributed by atoms with Crippen molar-refractivity contribution in [3.05, 3.63) is 132 Å². The van der Waals surface area contributed by atoms with Crippen LogP contribution in [-0.4, -0.2) is 9.13 Å². The van der Waals surface area contributed by atoms with Gasteiger partial charge < -0.3 is 9.47 Å². The second kappa shape index (κ2) is 12.4. The standard InChI is InChI=1S/C40H40N2O6/c1-7-39(5,8-2)25-14-11-16-27(20-25)47-29-18-13-19-30(22-29)48-28-17-12-15-26(21-28)41-35(43)31-23-33-34(24-32(31)36(41)44)38(46)42(37(33)45)40(6,9-3)10-4/h11-24H,7-10H2,1-6H3. The van der Waals surface area contributed by atoms with Crippen LogP contribution < -0.4 is 31.7 Å². The Morgan fingerprint density at radius 1 is 0.521 bits per heavy atom. The van der Waals surface area contributed by atoms with Gasteiger partial charge in [-0.3, -0.25) is 23.7 Å². The number of hydrogen-bond donors (Lipinski definition) is 0. The van der Waals surface area contributed by atoms with Crippen LogP contribution in [0.1, 0.15) is 72.8 Å². The summed E-state index contributed by atoms with van der Waals surface area (Å²) < 4.78 is 14.7. The molecule has 0 fully saturated rings. The zero-order valence-corrected chi connectivity index (χ0v) is 28.3. The van der Waals surface area contributed by atoms with Gasteiger partial charge in [-0.05, 0) is 92.1 Å². The molecular formula is C40H40N2O6. The van der Waals surface area contributed by atoms with E-state index in [9.17, 15) is 19.2 Å². The van der Waals surface area contributed by atoms with Gasteiger partial charge in [-0.25, -0.2) is 4.57 Å². The summed E-state index contributed by atoms with van der Waals surface area (Å²) >= 11 is 0. The van der Waals surface area contributed by atoms with Crippen molar-refractivity contribution in [1.82, 2.24) is 9.13 Å². The molecule has 2 aromatic heterocycles. The molecule has 6 rings (SSSR count). The minimum Gasteiger partial charge on any atom is -0.457 e. The molecule has 0 aliphatic heterocycles. The third-order valence-corrected chi connectivity index (χ3v) is 10.4. The molecule has 0 aliphatic carbocycles. The highest BCUT2D eigenvalue weighted by atomic mass is 16.5. The molecule has 4 aromatic carbocycles. The third kappa shape index (κ3) is 5.45. The van der Waals surface area contributed by atoms with Gasteiger partial charge in [-0.2, -0.15) is 0 Å². The van der Waals surface area contributed by atoms with Crippen LogP contribution in [0.25, 0.3) is 27.2 Å². The molecule has 0 spiro atoms. The van der Waals surface area contributed by atoms with E-state index >= 15 is 0 Å². The molecule has 246 valence electrons. The van der Waals surface area contributed by atoms with E-state index in [2.05, 4.69) is 32.9 Å². The lowest BCUT2D eigenvalue weighted by Crippen LogP contribution is -2.42. The lowest BCUT2D eigenvalue weighted by atomic mass is 9.78. The van der Waals surface area contributed by atoms with Crippen LogP contribution in [0, 0.1) is 0 Å². The number of benzene rings is 4. The fourth-order valence-electron chi connectivity index (χ4n) is 6.42. The molecular weight excluding hydrogens is 604 g/mol. The number of hydrogen-bond acceptors (Lipinski definition) is 6. The Balaban J connectivity index is 1.32. The van der Waals surface area contributed by atoms with Gasteiger partial charge >= 0.3 is 0 Å². The molecule has 48 heavy (non-hydrogen) atoms. The normalized spacial score (nSPS) is 12.2. The summed E-state index contributed by atoms with van der Waals surface area (Å²) in [6.45, 7) is 12.4. The predicted octanol–water partition coefficient (Wildman–Crippen LogP) is 8.10. The van der Waals surface area contributed by atoms with Crippen molar-refractivity contribution < 1.29 is 9.47 Å². The second-order valence-corrected chi connectivity index (χ2v) is 13.0. The maximum atomic E-state index is 13.6. The zero-order valence-electron chi connectivity index (χ0n) is 28.3. The highest BCUT2D eigenvalue weighted by molar-refractivity contribution is 5.98. The number of ether oxygens (including phenoxy) is 2. The number of nitrogens with zero attached hydrogens (tertiary/aromatic N) is 2. The Kier molecular flexibility index (Phi) is 8.45. The van der Waals surface area contributed by atoms with Gasteiger partial charge in [-0.1, -0.05) is 58.9 Å². The van der Waals surface area contributed by atoms with Gasteiger partial charge in [0.1, 0.15) is 23.0 Å². The van der Waals surface area contributed by atoms with Crippen LogP contribution in [0.3, 0.4) is 0 Å². The number of fused-ring (bicyclic) bond motifs is 2. The van der Waals surface area contributed by atoms with Crippen LogP contribution in [0.5, 0.6) is 23.0 Å². The first-order chi connectivity index (χ1) is 23.0. The predicted molar refractivity (Wildman–Crippen MR) is 191 cm³/mol. The van der Waals surface area contributed by atoms with Gasteiger partial charge in [0.15, 0.2) is 0 Å². The minimum absolute atomic E-state index is 0.0658. The monoisotopic (exact) mass is 644 g/mol. The maximum Gasteiger partial charge on any atom is 0.266 e. The highest BCUT2D eigenvalue weighted by Gasteiger charge is 2.30. The van der Waals surface area contributed by atoms with Gasteiger partial charge in [0.2, 0.25) is 0 Å². The second-order valence-electron chi connectivity index (χ2n) is 13.0. The smallest absolute Gasteiger partial charge is 0.266 e. The van der Waals surface area contributed by atoms with E-state index in [1.807, 2.05) is 45.0 Å². The van der Waals surface area contributed by atoms with E-state index < -0.39 is 27.8 Å². The zero-order chi connectivity index (χ0) is 34.4. The largest absolute Gasteiger partial charge is 0.457 e. The Labute approximate surface area is 278 Å². The Bertz CT molecular complexity index is 2290. The molecule has 6 aromatic rings. The SMILES string of the molecule is CCC(C)(CC)c1cccc(Oc2cccc(Oc3cccc(-n4c(=O)c5cc6c(=O)n(C(C)(CC)CC)c(=O)c6cc5c4=O)c3)c2)c1. The average molecular weight is 645 g/mol.